The first-order chi connectivity index (χ1) is 9.77. The minimum absolute atomic E-state index is 0.0158. The van der Waals surface area contributed by atoms with Gasteiger partial charge in [0.05, 0.1) is 0 Å². The van der Waals surface area contributed by atoms with Crippen LogP contribution in [-0.2, 0) is 4.79 Å². The molecular weight excluding hydrogens is 289 g/mol. The van der Waals surface area contributed by atoms with Gasteiger partial charge in [-0.25, -0.2) is 4.79 Å². The van der Waals surface area contributed by atoms with Crippen LogP contribution >= 0.6 is 0 Å². The number of carboxylic acids is 1. The van der Waals surface area contributed by atoms with Crippen LogP contribution < -0.4 is 0 Å². The van der Waals surface area contributed by atoms with E-state index in [2.05, 4.69) is 0 Å². The predicted molar refractivity (Wildman–Crippen MR) is 67.7 cm³/mol. The van der Waals surface area contributed by atoms with E-state index in [9.17, 15) is 22.8 Å². The molecule has 1 unspecified atom stereocenters. The molecule has 0 aliphatic carbocycles. The monoisotopic (exact) mass is 306 g/mol. The Morgan fingerprint density at radius 3 is 2.52 bits per heavy atom. The number of amides is 2. The molecule has 0 saturated carbocycles. The van der Waals surface area contributed by atoms with Crippen molar-refractivity contribution in [1.82, 2.24) is 9.80 Å². The van der Waals surface area contributed by atoms with Crippen LogP contribution in [0.25, 0.3) is 0 Å². The normalized spacial score (nSPS) is 23.2. The second-order valence-electron chi connectivity index (χ2n) is 5.40. The Balaban J connectivity index is 1.88. The summed E-state index contributed by atoms with van der Waals surface area (Å²) >= 11 is 0. The van der Waals surface area contributed by atoms with Crippen LogP contribution in [0.3, 0.4) is 0 Å². The highest BCUT2D eigenvalue weighted by Gasteiger charge is 2.37. The molecule has 2 amide bonds. The molecule has 1 atom stereocenters. The number of urea groups is 1. The van der Waals surface area contributed by atoms with E-state index in [0.717, 1.165) is 6.08 Å². The van der Waals surface area contributed by atoms with E-state index in [-0.39, 0.29) is 37.9 Å². The van der Waals surface area contributed by atoms with Crippen LogP contribution in [-0.4, -0.2) is 59.3 Å². The molecule has 8 heteroatoms. The molecule has 0 aromatic carbocycles. The molecule has 21 heavy (non-hydrogen) atoms. The maximum atomic E-state index is 12.5. The lowest BCUT2D eigenvalue weighted by molar-refractivity contribution is -0.138. The number of carboxylic acid groups (broad SMARTS) is 1. The van der Waals surface area contributed by atoms with Gasteiger partial charge in [-0.1, -0.05) is 6.08 Å². The van der Waals surface area contributed by atoms with Gasteiger partial charge in [0.15, 0.2) is 0 Å². The zero-order chi connectivity index (χ0) is 15.6. The lowest BCUT2D eigenvalue weighted by Gasteiger charge is -2.31. The van der Waals surface area contributed by atoms with Crippen LogP contribution in [0.15, 0.2) is 11.6 Å². The molecule has 0 radical (unpaired) electrons. The summed E-state index contributed by atoms with van der Waals surface area (Å²) in [5, 5.41) is 8.72. The van der Waals surface area contributed by atoms with Crippen LogP contribution in [0.1, 0.15) is 19.3 Å². The van der Waals surface area contributed by atoms with Crippen molar-refractivity contribution in [3.05, 3.63) is 11.6 Å². The first-order valence-electron chi connectivity index (χ1n) is 6.79. The SMILES string of the molecule is O=C(O)CC1CCN(C(=O)N2CC=C(C(F)(F)F)CC2)C1. The number of halogens is 3. The standard InChI is InChI=1S/C13H17F3N2O3/c14-13(15,16)10-2-5-17(6-3-10)12(21)18-4-1-9(8-18)7-11(19)20/h2,9H,1,3-8H2,(H,19,20). The van der Waals surface area contributed by atoms with E-state index < -0.39 is 17.7 Å². The van der Waals surface area contributed by atoms with Crippen molar-refractivity contribution in [2.75, 3.05) is 26.2 Å². The fraction of sp³-hybridized carbons (Fsp3) is 0.692. The highest BCUT2D eigenvalue weighted by Crippen LogP contribution is 2.30. The van der Waals surface area contributed by atoms with E-state index in [4.69, 9.17) is 5.11 Å². The number of carbonyl (C=O) groups is 2. The van der Waals surface area contributed by atoms with Crippen molar-refractivity contribution in [3.63, 3.8) is 0 Å². The molecule has 118 valence electrons. The van der Waals surface area contributed by atoms with Gasteiger partial charge >= 0.3 is 18.2 Å². The van der Waals surface area contributed by atoms with Crippen LogP contribution in [0.4, 0.5) is 18.0 Å². The van der Waals surface area contributed by atoms with E-state index in [0.29, 0.717) is 19.5 Å². The fourth-order valence-electron chi connectivity index (χ4n) is 2.72. The Morgan fingerprint density at radius 1 is 1.29 bits per heavy atom. The minimum atomic E-state index is -4.32. The van der Waals surface area contributed by atoms with Crippen molar-refractivity contribution in [1.29, 1.82) is 0 Å². The quantitative estimate of drug-likeness (QED) is 0.795. The van der Waals surface area contributed by atoms with E-state index in [1.54, 1.807) is 0 Å². The summed E-state index contributed by atoms with van der Waals surface area (Å²) in [5.41, 5.74) is -0.586. The Hall–Kier alpha value is -1.73. The van der Waals surface area contributed by atoms with Gasteiger partial charge in [0.25, 0.3) is 0 Å². The van der Waals surface area contributed by atoms with Crippen LogP contribution in [0.2, 0.25) is 0 Å². The minimum Gasteiger partial charge on any atom is -0.481 e. The molecule has 0 spiro atoms. The molecule has 0 bridgehead atoms. The summed E-state index contributed by atoms with van der Waals surface area (Å²) < 4.78 is 37.5. The molecule has 0 aromatic heterocycles. The summed E-state index contributed by atoms with van der Waals surface area (Å²) in [4.78, 5) is 25.7. The second-order valence-corrected chi connectivity index (χ2v) is 5.40. The maximum absolute atomic E-state index is 12.5. The lowest BCUT2D eigenvalue weighted by Crippen LogP contribution is -2.44. The Labute approximate surface area is 120 Å². The van der Waals surface area contributed by atoms with Crippen LogP contribution in [0.5, 0.6) is 0 Å². The summed E-state index contributed by atoms with van der Waals surface area (Å²) in [6.07, 6.45) is -2.83. The van der Waals surface area contributed by atoms with Gasteiger partial charge in [-0.15, -0.1) is 0 Å². The molecule has 2 rings (SSSR count). The van der Waals surface area contributed by atoms with Gasteiger partial charge in [-0.2, -0.15) is 13.2 Å². The molecule has 2 aliphatic heterocycles. The van der Waals surface area contributed by atoms with Gasteiger partial charge in [0.2, 0.25) is 0 Å². The van der Waals surface area contributed by atoms with Crippen molar-refractivity contribution >= 4 is 12.0 Å². The third-order valence-corrected chi connectivity index (χ3v) is 3.86. The van der Waals surface area contributed by atoms with Gasteiger partial charge < -0.3 is 14.9 Å². The summed E-state index contributed by atoms with van der Waals surface area (Å²) in [6.45, 7) is 0.818. The molecule has 0 aromatic rings. The topological polar surface area (TPSA) is 60.9 Å². The first-order valence-corrected chi connectivity index (χ1v) is 6.79. The third kappa shape index (κ3) is 3.89. The Kier molecular flexibility index (Phi) is 4.43. The largest absolute Gasteiger partial charge is 0.481 e. The van der Waals surface area contributed by atoms with E-state index in [1.807, 2.05) is 0 Å². The van der Waals surface area contributed by atoms with E-state index in [1.165, 1.54) is 9.80 Å². The maximum Gasteiger partial charge on any atom is 0.412 e. The fourth-order valence-corrected chi connectivity index (χ4v) is 2.72. The highest BCUT2D eigenvalue weighted by atomic mass is 19.4. The lowest BCUT2D eigenvalue weighted by atomic mass is 10.1. The zero-order valence-electron chi connectivity index (χ0n) is 11.4. The van der Waals surface area contributed by atoms with Crippen molar-refractivity contribution < 1.29 is 27.9 Å². The van der Waals surface area contributed by atoms with E-state index >= 15 is 0 Å². The zero-order valence-corrected chi connectivity index (χ0v) is 11.4. The van der Waals surface area contributed by atoms with Crippen molar-refractivity contribution in [2.24, 2.45) is 5.92 Å². The predicted octanol–water partition coefficient (Wildman–Crippen LogP) is 2.10. The number of hydrogen-bond acceptors (Lipinski definition) is 2. The smallest absolute Gasteiger partial charge is 0.412 e. The second kappa shape index (κ2) is 5.95. The first kappa shape index (κ1) is 15.7. The number of nitrogens with zero attached hydrogens (tertiary/aromatic N) is 2. The van der Waals surface area contributed by atoms with Gasteiger partial charge in [-0.3, -0.25) is 4.79 Å². The number of carbonyl (C=O) groups excluding carboxylic acids is 1. The number of aliphatic carboxylic acids is 1. The van der Waals surface area contributed by atoms with Crippen LogP contribution in [0, 0.1) is 5.92 Å². The summed E-state index contributed by atoms with van der Waals surface area (Å²) in [6, 6.07) is -0.305. The average molecular weight is 306 g/mol. The number of likely N-dealkylation sites (tertiary alicyclic amines) is 1. The van der Waals surface area contributed by atoms with Crippen molar-refractivity contribution in [2.45, 2.75) is 25.4 Å². The number of alkyl halides is 3. The average Bonchev–Trinajstić information content (AvgIpc) is 2.84. The van der Waals surface area contributed by atoms with Crippen molar-refractivity contribution in [3.8, 4) is 0 Å². The van der Waals surface area contributed by atoms with Gasteiger partial charge in [0.1, 0.15) is 0 Å². The summed E-state index contributed by atoms with van der Waals surface area (Å²) in [5.74, 6) is -0.970. The summed E-state index contributed by atoms with van der Waals surface area (Å²) in [7, 11) is 0. The van der Waals surface area contributed by atoms with Gasteiger partial charge in [0, 0.05) is 38.2 Å². The Morgan fingerprint density at radius 2 is 2.00 bits per heavy atom. The molecule has 2 aliphatic rings. The molecule has 5 nitrogen and oxygen atoms in total. The molecule has 2 heterocycles. The molecule has 1 saturated heterocycles. The molecule has 1 fully saturated rings. The molecular formula is C13H17F3N2O3. The van der Waals surface area contributed by atoms with Gasteiger partial charge in [-0.05, 0) is 18.8 Å². The highest BCUT2D eigenvalue weighted by molar-refractivity contribution is 5.75. The number of rotatable bonds is 2. The number of hydrogen-bond donors (Lipinski definition) is 1. The Bertz CT molecular complexity index is 462. The molecule has 1 N–H and O–H groups in total. The third-order valence-electron chi connectivity index (χ3n) is 3.86.